The van der Waals surface area contributed by atoms with Gasteiger partial charge in [-0.3, -0.25) is 9.78 Å². The lowest BCUT2D eigenvalue weighted by atomic mass is 10.1. The van der Waals surface area contributed by atoms with Crippen LogP contribution in [0.5, 0.6) is 0 Å². The van der Waals surface area contributed by atoms with Crippen molar-refractivity contribution in [1.29, 1.82) is 0 Å². The third-order valence-corrected chi connectivity index (χ3v) is 4.32. The molecule has 8 heteroatoms. The van der Waals surface area contributed by atoms with Gasteiger partial charge in [0.25, 0.3) is 0 Å². The van der Waals surface area contributed by atoms with Crippen molar-refractivity contribution in [3.63, 3.8) is 0 Å². The molecule has 0 aliphatic heterocycles. The highest BCUT2D eigenvalue weighted by molar-refractivity contribution is 7.98. The smallest absolute Gasteiger partial charge is 0.247 e. The second-order valence-electron chi connectivity index (χ2n) is 5.18. The van der Waals surface area contributed by atoms with Crippen LogP contribution in [0.4, 0.5) is 5.69 Å². The highest BCUT2D eigenvalue weighted by Crippen LogP contribution is 2.26. The monoisotopic (exact) mass is 339 g/mol. The summed E-state index contributed by atoms with van der Waals surface area (Å²) in [6.45, 7) is 1.71. The largest absolute Gasteiger partial charge is 0.317 e. The van der Waals surface area contributed by atoms with Crippen LogP contribution < -0.4 is 10.6 Å². The van der Waals surface area contributed by atoms with Crippen LogP contribution in [0.25, 0.3) is 5.69 Å². The van der Waals surface area contributed by atoms with Crippen LogP contribution in [0.15, 0.2) is 30.7 Å². The number of halogens is 1. The van der Waals surface area contributed by atoms with Crippen LogP contribution in [0.1, 0.15) is 6.92 Å². The number of carbonyl (C=O) groups excluding carboxylic acids is 1. The zero-order valence-electron chi connectivity index (χ0n) is 12.7. The molecule has 6 nitrogen and oxygen atoms in total. The number of aromatic nitrogens is 3. The Morgan fingerprint density at radius 3 is 2.91 bits per heavy atom. The molecule has 0 aliphatic carbocycles. The molecule has 0 fully saturated rings. The minimum atomic E-state index is -0.964. The Labute approximate surface area is 138 Å². The molecule has 2 aromatic heterocycles. The molecule has 1 atom stereocenters. The van der Waals surface area contributed by atoms with Crippen LogP contribution >= 0.6 is 23.4 Å². The normalized spacial score (nSPS) is 13.7. The van der Waals surface area contributed by atoms with Gasteiger partial charge in [0, 0.05) is 19.0 Å². The number of anilines is 1. The molecule has 0 aromatic carbocycles. The van der Waals surface area contributed by atoms with Gasteiger partial charge in [-0.05, 0) is 25.3 Å². The molecule has 0 radical (unpaired) electrons. The number of likely N-dealkylation sites (N-methyl/N-ethyl adjacent to an activating group) is 1. The summed E-state index contributed by atoms with van der Waals surface area (Å²) in [5.41, 5.74) is 6.39. The molecule has 2 heterocycles. The number of nitrogens with zero attached hydrogens (tertiary/aromatic N) is 4. The Bertz CT molecular complexity index is 659. The van der Waals surface area contributed by atoms with Crippen LogP contribution in [0, 0.1) is 0 Å². The summed E-state index contributed by atoms with van der Waals surface area (Å²) in [5.74, 6) is 0.305. The third-order valence-electron chi connectivity index (χ3n) is 3.16. The van der Waals surface area contributed by atoms with Crippen LogP contribution in [-0.4, -0.2) is 45.3 Å². The Balaban J connectivity index is 2.30. The number of hydrogen-bond acceptors (Lipinski definition) is 5. The first kappa shape index (κ1) is 16.8. The van der Waals surface area contributed by atoms with E-state index >= 15 is 0 Å². The molecule has 118 valence electrons. The fourth-order valence-electron chi connectivity index (χ4n) is 2.04. The van der Waals surface area contributed by atoms with Gasteiger partial charge in [0.15, 0.2) is 5.15 Å². The molecule has 0 aliphatic rings. The number of amides is 1. The van der Waals surface area contributed by atoms with Crippen molar-refractivity contribution in [2.45, 2.75) is 12.5 Å². The van der Waals surface area contributed by atoms with Crippen LogP contribution in [0.3, 0.4) is 0 Å². The number of thioether (sulfide) groups is 1. The van der Waals surface area contributed by atoms with Gasteiger partial charge in [-0.15, -0.1) is 0 Å². The highest BCUT2D eigenvalue weighted by Gasteiger charge is 2.32. The maximum atomic E-state index is 12.5. The quantitative estimate of drug-likeness (QED) is 0.901. The zero-order valence-corrected chi connectivity index (χ0v) is 14.2. The second kappa shape index (κ2) is 6.68. The Kier molecular flexibility index (Phi) is 5.10. The molecule has 2 rings (SSSR count). The minimum Gasteiger partial charge on any atom is -0.317 e. The van der Waals surface area contributed by atoms with E-state index in [1.165, 1.54) is 16.7 Å². The zero-order chi connectivity index (χ0) is 16.3. The maximum absolute atomic E-state index is 12.5. The number of carbonyl (C=O) groups is 1. The van der Waals surface area contributed by atoms with E-state index in [4.69, 9.17) is 17.3 Å². The van der Waals surface area contributed by atoms with Gasteiger partial charge in [-0.1, -0.05) is 11.6 Å². The summed E-state index contributed by atoms with van der Waals surface area (Å²) in [5, 5.41) is 4.45. The van der Waals surface area contributed by atoms with Crippen molar-refractivity contribution < 1.29 is 4.79 Å². The van der Waals surface area contributed by atoms with Crippen LogP contribution in [-0.2, 0) is 4.79 Å². The summed E-state index contributed by atoms with van der Waals surface area (Å²) in [6, 6.07) is 3.65. The van der Waals surface area contributed by atoms with Gasteiger partial charge in [0.2, 0.25) is 5.91 Å². The molecule has 2 N–H and O–H groups in total. The molecule has 0 saturated heterocycles. The van der Waals surface area contributed by atoms with Gasteiger partial charge >= 0.3 is 0 Å². The van der Waals surface area contributed by atoms with E-state index in [0.29, 0.717) is 11.4 Å². The lowest BCUT2D eigenvalue weighted by Gasteiger charge is -2.27. The van der Waals surface area contributed by atoms with E-state index in [1.54, 1.807) is 43.3 Å². The topological polar surface area (TPSA) is 77.0 Å². The van der Waals surface area contributed by atoms with E-state index in [2.05, 4.69) is 10.1 Å². The fraction of sp³-hybridized carbons (Fsp3) is 0.357. The first-order chi connectivity index (χ1) is 10.4. The molecular weight excluding hydrogens is 322 g/mol. The molecule has 1 unspecified atom stereocenters. The highest BCUT2D eigenvalue weighted by atomic mass is 35.5. The Morgan fingerprint density at radius 1 is 1.59 bits per heavy atom. The average Bonchev–Trinajstić information content (AvgIpc) is 2.88. The molecule has 22 heavy (non-hydrogen) atoms. The molecule has 0 spiro atoms. The van der Waals surface area contributed by atoms with Gasteiger partial charge in [-0.2, -0.15) is 16.9 Å². The third kappa shape index (κ3) is 3.43. The van der Waals surface area contributed by atoms with Crippen molar-refractivity contribution in [2.75, 3.05) is 24.0 Å². The Morgan fingerprint density at radius 2 is 2.32 bits per heavy atom. The Hall–Kier alpha value is -1.57. The summed E-state index contributed by atoms with van der Waals surface area (Å²) < 4.78 is 1.58. The first-order valence-electron chi connectivity index (χ1n) is 6.58. The lowest BCUT2D eigenvalue weighted by Crippen LogP contribution is -2.54. The van der Waals surface area contributed by atoms with Gasteiger partial charge < -0.3 is 10.6 Å². The first-order valence-corrected chi connectivity index (χ1v) is 8.35. The molecule has 0 saturated carbocycles. The summed E-state index contributed by atoms with van der Waals surface area (Å²) in [4.78, 5) is 18.0. The minimum absolute atomic E-state index is 0.213. The second-order valence-corrected chi connectivity index (χ2v) is 6.40. The van der Waals surface area contributed by atoms with Crippen molar-refractivity contribution in [3.8, 4) is 5.69 Å². The van der Waals surface area contributed by atoms with E-state index in [0.717, 1.165) is 5.69 Å². The van der Waals surface area contributed by atoms with Crippen molar-refractivity contribution in [2.24, 2.45) is 5.73 Å². The van der Waals surface area contributed by atoms with Crippen molar-refractivity contribution in [1.82, 2.24) is 14.8 Å². The standard InChI is InChI=1S/C14H18ClN5OS/c1-14(16,9-22-3)13(21)19(2)11-8-20(18-12(11)15)10-5-4-6-17-7-10/h4-8H,9,16H2,1-3H3. The van der Waals surface area contributed by atoms with Crippen molar-refractivity contribution in [3.05, 3.63) is 35.9 Å². The van der Waals surface area contributed by atoms with Gasteiger partial charge in [-0.25, -0.2) is 4.68 Å². The summed E-state index contributed by atoms with van der Waals surface area (Å²) >= 11 is 7.69. The average molecular weight is 340 g/mol. The molecule has 1 amide bonds. The summed E-state index contributed by atoms with van der Waals surface area (Å²) in [6.07, 6.45) is 6.93. The van der Waals surface area contributed by atoms with Crippen molar-refractivity contribution >= 4 is 35.0 Å². The number of pyridine rings is 1. The number of nitrogens with two attached hydrogens (primary N) is 1. The SMILES string of the molecule is CSCC(C)(N)C(=O)N(C)c1cn(-c2cccnc2)nc1Cl. The lowest BCUT2D eigenvalue weighted by molar-refractivity contribution is -0.122. The number of rotatable bonds is 5. The van der Waals surface area contributed by atoms with E-state index in [-0.39, 0.29) is 11.1 Å². The van der Waals surface area contributed by atoms with E-state index < -0.39 is 5.54 Å². The van der Waals surface area contributed by atoms with E-state index in [1.807, 2.05) is 12.3 Å². The van der Waals surface area contributed by atoms with Gasteiger partial charge in [0.05, 0.1) is 18.1 Å². The number of hydrogen-bond donors (Lipinski definition) is 1. The molecule has 2 aromatic rings. The van der Waals surface area contributed by atoms with Crippen LogP contribution in [0.2, 0.25) is 5.15 Å². The predicted molar refractivity (Wildman–Crippen MR) is 90.8 cm³/mol. The van der Waals surface area contributed by atoms with E-state index in [9.17, 15) is 4.79 Å². The van der Waals surface area contributed by atoms with Gasteiger partial charge in [0.1, 0.15) is 11.2 Å². The fourth-order valence-corrected chi connectivity index (χ4v) is 3.02. The predicted octanol–water partition coefficient (Wildman–Crippen LogP) is 1.96. The molecular formula is C14H18ClN5OS. The molecule has 0 bridgehead atoms. The summed E-state index contributed by atoms with van der Waals surface area (Å²) in [7, 11) is 1.64. The maximum Gasteiger partial charge on any atom is 0.247 e.